The van der Waals surface area contributed by atoms with E-state index in [1.54, 1.807) is 37.8 Å². The van der Waals surface area contributed by atoms with Crippen molar-refractivity contribution in [1.29, 1.82) is 0 Å². The van der Waals surface area contributed by atoms with E-state index in [9.17, 15) is 9.90 Å². The standard InChI is InChI=1S/C23H28ClN7O3/c1-13-28-19(21(25)30(13)2)20(33)16-11-27-23(31-8-4-5-15(31)12-32)29-22(16)26-10-14-6-7-18(34-3)17(24)9-14/h6-7,9,11,15,32H,4-5,8,10,12,25H2,1-3H3,(H,26,27,29)/t15-/m0/s1. The summed E-state index contributed by atoms with van der Waals surface area (Å²) in [5.74, 6) is 1.92. The fraction of sp³-hybridized carbons (Fsp3) is 0.391. The number of nitrogens with two attached hydrogens (primary N) is 1. The van der Waals surface area contributed by atoms with Crippen LogP contribution in [0, 0.1) is 6.92 Å². The van der Waals surface area contributed by atoms with Gasteiger partial charge in [-0.1, -0.05) is 17.7 Å². The van der Waals surface area contributed by atoms with Gasteiger partial charge in [-0.15, -0.1) is 0 Å². The smallest absolute Gasteiger partial charge is 0.227 e. The topological polar surface area (TPSA) is 131 Å². The molecule has 3 heterocycles. The van der Waals surface area contributed by atoms with Gasteiger partial charge >= 0.3 is 0 Å². The first-order valence-corrected chi connectivity index (χ1v) is 11.4. The van der Waals surface area contributed by atoms with Crippen molar-refractivity contribution in [2.24, 2.45) is 7.05 Å². The van der Waals surface area contributed by atoms with E-state index in [4.69, 9.17) is 22.1 Å². The van der Waals surface area contributed by atoms with E-state index in [2.05, 4.69) is 20.3 Å². The number of nitrogen functional groups attached to an aromatic ring is 1. The zero-order chi connectivity index (χ0) is 24.4. The van der Waals surface area contributed by atoms with Gasteiger partial charge in [-0.05, 0) is 37.5 Å². The minimum absolute atomic E-state index is 0.0148. The molecule has 1 fully saturated rings. The second-order valence-electron chi connectivity index (χ2n) is 8.21. The van der Waals surface area contributed by atoms with Crippen molar-refractivity contribution in [2.45, 2.75) is 32.4 Å². The van der Waals surface area contributed by atoms with Crippen molar-refractivity contribution >= 4 is 35.0 Å². The van der Waals surface area contributed by atoms with Crippen molar-refractivity contribution < 1.29 is 14.6 Å². The van der Waals surface area contributed by atoms with Crippen LogP contribution in [0.3, 0.4) is 0 Å². The van der Waals surface area contributed by atoms with E-state index in [1.807, 2.05) is 11.0 Å². The highest BCUT2D eigenvalue weighted by Crippen LogP contribution is 2.28. The Hall–Kier alpha value is -3.37. The molecular weight excluding hydrogens is 458 g/mol. The molecular formula is C23H28ClN7O3. The number of nitrogens with one attached hydrogen (secondary N) is 1. The highest BCUT2D eigenvalue weighted by molar-refractivity contribution is 6.32. The Labute approximate surface area is 202 Å². The summed E-state index contributed by atoms with van der Waals surface area (Å²) in [6.45, 7) is 2.89. The Morgan fingerprint density at radius 1 is 1.38 bits per heavy atom. The molecule has 1 saturated heterocycles. The molecule has 34 heavy (non-hydrogen) atoms. The summed E-state index contributed by atoms with van der Waals surface area (Å²) in [6, 6.07) is 5.40. The molecule has 0 spiro atoms. The Morgan fingerprint density at radius 2 is 2.18 bits per heavy atom. The Morgan fingerprint density at radius 3 is 2.82 bits per heavy atom. The summed E-state index contributed by atoms with van der Waals surface area (Å²) in [5, 5.41) is 13.5. The second kappa shape index (κ2) is 9.86. The van der Waals surface area contributed by atoms with Crippen LogP contribution in [0.5, 0.6) is 5.75 Å². The highest BCUT2D eigenvalue weighted by Gasteiger charge is 2.28. The molecule has 11 heteroatoms. The Bertz CT molecular complexity index is 1210. The van der Waals surface area contributed by atoms with Crippen LogP contribution in [0.25, 0.3) is 0 Å². The Kier molecular flexibility index (Phi) is 6.90. The third-order valence-electron chi connectivity index (χ3n) is 6.12. The van der Waals surface area contributed by atoms with Crippen LogP contribution in [-0.4, -0.2) is 56.7 Å². The lowest BCUT2D eigenvalue weighted by atomic mass is 10.1. The molecule has 0 bridgehead atoms. The number of aliphatic hydroxyl groups is 1. The van der Waals surface area contributed by atoms with Gasteiger partial charge in [0, 0.05) is 26.3 Å². The molecule has 1 aromatic carbocycles. The van der Waals surface area contributed by atoms with Gasteiger partial charge in [-0.25, -0.2) is 9.97 Å². The third kappa shape index (κ3) is 4.51. The third-order valence-corrected chi connectivity index (χ3v) is 6.42. The first kappa shape index (κ1) is 23.8. The molecule has 1 aliphatic heterocycles. The van der Waals surface area contributed by atoms with Crippen LogP contribution in [0.1, 0.15) is 40.3 Å². The number of hydrogen-bond acceptors (Lipinski definition) is 9. The zero-order valence-corrected chi connectivity index (χ0v) is 20.1. The quantitative estimate of drug-likeness (QED) is 0.412. The molecule has 0 amide bonds. The molecule has 1 atom stereocenters. The Balaban J connectivity index is 1.69. The lowest BCUT2D eigenvalue weighted by Gasteiger charge is -2.23. The fourth-order valence-corrected chi connectivity index (χ4v) is 4.31. The number of aliphatic hydroxyl groups excluding tert-OH is 1. The number of aromatic nitrogens is 4. The van der Waals surface area contributed by atoms with Crippen LogP contribution in [0.15, 0.2) is 24.4 Å². The number of halogens is 1. The molecule has 3 aromatic rings. The molecule has 2 aromatic heterocycles. The van der Waals surface area contributed by atoms with Crippen molar-refractivity contribution in [3.8, 4) is 5.75 Å². The van der Waals surface area contributed by atoms with Gasteiger partial charge in [0.05, 0.1) is 30.3 Å². The maximum Gasteiger partial charge on any atom is 0.227 e. The first-order chi connectivity index (χ1) is 16.3. The van der Waals surface area contributed by atoms with Crippen LogP contribution in [0.4, 0.5) is 17.6 Å². The average Bonchev–Trinajstić information content (AvgIpc) is 3.42. The van der Waals surface area contributed by atoms with Gasteiger partial charge in [-0.2, -0.15) is 4.98 Å². The van der Waals surface area contributed by atoms with Crippen molar-refractivity contribution in [3.63, 3.8) is 0 Å². The van der Waals surface area contributed by atoms with Crippen molar-refractivity contribution in [3.05, 3.63) is 52.1 Å². The van der Waals surface area contributed by atoms with Crippen molar-refractivity contribution in [2.75, 3.05) is 36.2 Å². The lowest BCUT2D eigenvalue weighted by molar-refractivity contribution is 0.103. The molecule has 180 valence electrons. The second-order valence-corrected chi connectivity index (χ2v) is 8.61. The number of carbonyl (C=O) groups excluding carboxylic acids is 1. The molecule has 1 aliphatic rings. The predicted octanol–water partition coefficient (Wildman–Crippen LogP) is 2.57. The molecule has 4 rings (SSSR count). The molecule has 0 radical (unpaired) electrons. The molecule has 0 aliphatic carbocycles. The summed E-state index contributed by atoms with van der Waals surface area (Å²) in [5.41, 5.74) is 7.42. The van der Waals surface area contributed by atoms with E-state index in [1.165, 1.54) is 6.20 Å². The molecule has 4 N–H and O–H groups in total. The highest BCUT2D eigenvalue weighted by atomic mass is 35.5. The van der Waals surface area contributed by atoms with Crippen LogP contribution in [0.2, 0.25) is 5.02 Å². The van der Waals surface area contributed by atoms with E-state index in [0.717, 1.165) is 24.9 Å². The number of carbonyl (C=O) groups is 1. The number of anilines is 3. The van der Waals surface area contributed by atoms with Crippen molar-refractivity contribution in [1.82, 2.24) is 19.5 Å². The number of ketones is 1. The van der Waals surface area contributed by atoms with E-state index < -0.39 is 0 Å². The van der Waals surface area contributed by atoms with Gasteiger partial charge in [0.2, 0.25) is 11.7 Å². The molecule has 0 saturated carbocycles. The van der Waals surface area contributed by atoms with Crippen LogP contribution >= 0.6 is 11.6 Å². The summed E-state index contributed by atoms with van der Waals surface area (Å²) in [7, 11) is 3.31. The summed E-state index contributed by atoms with van der Waals surface area (Å²) < 4.78 is 6.87. The van der Waals surface area contributed by atoms with Gasteiger partial charge in [0.15, 0.2) is 5.69 Å². The largest absolute Gasteiger partial charge is 0.495 e. The number of benzene rings is 1. The fourth-order valence-electron chi connectivity index (χ4n) is 4.03. The number of hydrogen-bond donors (Lipinski definition) is 3. The van der Waals surface area contributed by atoms with Crippen LogP contribution in [-0.2, 0) is 13.6 Å². The predicted molar refractivity (Wildman–Crippen MR) is 131 cm³/mol. The van der Waals surface area contributed by atoms with E-state index in [-0.39, 0.29) is 35.5 Å². The number of imidazole rings is 1. The number of rotatable bonds is 8. The number of nitrogens with zero attached hydrogens (tertiary/aromatic N) is 5. The number of ether oxygens (including phenoxy) is 1. The van der Waals surface area contributed by atoms with Crippen LogP contribution < -0.4 is 20.7 Å². The van der Waals surface area contributed by atoms with E-state index in [0.29, 0.717) is 34.9 Å². The van der Waals surface area contributed by atoms with E-state index >= 15 is 0 Å². The summed E-state index contributed by atoms with van der Waals surface area (Å²) in [4.78, 5) is 28.8. The van der Waals surface area contributed by atoms with Gasteiger partial charge in [0.25, 0.3) is 0 Å². The molecule has 0 unspecified atom stereocenters. The minimum Gasteiger partial charge on any atom is -0.495 e. The zero-order valence-electron chi connectivity index (χ0n) is 19.4. The monoisotopic (exact) mass is 485 g/mol. The summed E-state index contributed by atoms with van der Waals surface area (Å²) >= 11 is 6.26. The number of aryl methyl sites for hydroxylation is 1. The first-order valence-electron chi connectivity index (χ1n) is 11.0. The average molecular weight is 486 g/mol. The number of methoxy groups -OCH3 is 1. The normalized spacial score (nSPS) is 15.6. The summed E-state index contributed by atoms with van der Waals surface area (Å²) in [6.07, 6.45) is 3.29. The van der Waals surface area contributed by atoms with Gasteiger partial charge < -0.3 is 30.4 Å². The molecule has 10 nitrogen and oxygen atoms in total. The maximum absolute atomic E-state index is 13.4. The van der Waals surface area contributed by atoms with Gasteiger partial charge in [0.1, 0.15) is 23.2 Å². The minimum atomic E-state index is -0.372. The SMILES string of the molecule is COc1ccc(CNc2nc(N3CCC[C@H]3CO)ncc2C(=O)c2nc(C)n(C)c2N)cc1Cl. The lowest BCUT2D eigenvalue weighted by Crippen LogP contribution is -2.33. The van der Waals surface area contributed by atoms with Gasteiger partial charge in [-0.3, -0.25) is 4.79 Å². The maximum atomic E-state index is 13.4.